The maximum absolute atomic E-state index is 12.1. The molecule has 302 valence electrons. The van der Waals surface area contributed by atoms with Crippen LogP contribution in [0.25, 0.3) is 21.8 Å². The number of thioether (sulfide) groups is 2. The van der Waals surface area contributed by atoms with Gasteiger partial charge in [-0.3, -0.25) is 0 Å². The van der Waals surface area contributed by atoms with Crippen LogP contribution in [0.2, 0.25) is 0 Å². The van der Waals surface area contributed by atoms with Crippen LogP contribution in [0.4, 0.5) is 0 Å². The number of nitrogens with zero attached hydrogens (tertiary/aromatic N) is 2. The summed E-state index contributed by atoms with van der Waals surface area (Å²) in [5.41, 5.74) is 1.82. The fourth-order valence-corrected chi connectivity index (χ4v) is 9.65. The van der Waals surface area contributed by atoms with Gasteiger partial charge in [0.15, 0.2) is 11.4 Å². The molecular weight excluding hydrogens is 741 g/mol. The lowest BCUT2D eigenvalue weighted by Gasteiger charge is -2.31. The lowest BCUT2D eigenvalue weighted by Crippen LogP contribution is -2.20. The third-order valence-electron chi connectivity index (χ3n) is 8.93. The molecule has 2 aromatic carbocycles. The van der Waals surface area contributed by atoms with Crippen LogP contribution in [-0.4, -0.2) is 56.8 Å². The number of carboxylic acids is 2. The second-order valence-electron chi connectivity index (χ2n) is 18.4. The van der Waals surface area contributed by atoms with Crippen molar-refractivity contribution in [1.82, 2.24) is 9.97 Å². The van der Waals surface area contributed by atoms with Crippen LogP contribution in [0.5, 0.6) is 11.5 Å². The monoisotopic (exact) mass is 800 g/mol. The molecule has 0 amide bonds. The van der Waals surface area contributed by atoms with E-state index in [1.165, 1.54) is 12.1 Å². The van der Waals surface area contributed by atoms with Gasteiger partial charge in [-0.1, -0.05) is 106 Å². The Bertz CT molecular complexity index is 1910. The zero-order valence-electron chi connectivity index (χ0n) is 34.8. The number of rotatable bonds is 19. The molecule has 0 saturated carbocycles. The molecule has 4 aromatic rings. The highest BCUT2D eigenvalue weighted by atomic mass is 32.2. The molecule has 0 fully saturated rings. The Labute approximate surface area is 342 Å². The molecule has 2 heterocycles. The number of allylic oxidation sites excluding steroid dienone is 2. The molecule has 0 aliphatic heterocycles. The van der Waals surface area contributed by atoms with Gasteiger partial charge in [0.2, 0.25) is 0 Å². The van der Waals surface area contributed by atoms with Crippen LogP contribution in [0.3, 0.4) is 0 Å². The minimum absolute atomic E-state index is 0.0702. The number of pyridine rings is 2. The molecule has 0 aliphatic rings. The average Bonchev–Trinajstić information content (AvgIpc) is 3.07. The van der Waals surface area contributed by atoms with Crippen molar-refractivity contribution in [2.75, 3.05) is 24.7 Å². The third kappa shape index (κ3) is 13.9. The quantitative estimate of drug-likeness (QED) is 0.0539. The lowest BCUT2D eigenvalue weighted by molar-refractivity contribution is 0.0680. The maximum atomic E-state index is 12.1. The zero-order chi connectivity index (χ0) is 41.3. The molecule has 0 aliphatic carbocycles. The van der Waals surface area contributed by atoms with Crippen molar-refractivity contribution < 1.29 is 29.3 Å². The van der Waals surface area contributed by atoms with Gasteiger partial charge >= 0.3 is 11.9 Å². The predicted molar refractivity (Wildman–Crippen MR) is 233 cm³/mol. The van der Waals surface area contributed by atoms with E-state index in [0.717, 1.165) is 46.2 Å². The number of hydrogen-bond acceptors (Lipinski definition) is 8. The maximum Gasteiger partial charge on any atom is 0.354 e. The average molecular weight is 801 g/mol. The van der Waals surface area contributed by atoms with Crippen molar-refractivity contribution in [3.05, 3.63) is 84.2 Å². The highest BCUT2D eigenvalue weighted by Gasteiger charge is 2.25. The minimum atomic E-state index is -1.12. The number of aromatic carboxylic acids is 2. The Morgan fingerprint density at radius 3 is 1.32 bits per heavy atom. The summed E-state index contributed by atoms with van der Waals surface area (Å²) in [5.74, 6) is 0.0977. The molecule has 0 atom stereocenters. The largest absolute Gasteiger partial charge is 0.489 e. The first-order chi connectivity index (χ1) is 26.1. The fraction of sp³-hybridized carbons (Fsp3) is 0.478. The molecular formula is C46H60N2O6S2. The molecule has 2 N–H and O–H groups in total. The van der Waals surface area contributed by atoms with E-state index in [4.69, 9.17) is 9.47 Å². The second kappa shape index (κ2) is 18.9. The zero-order valence-corrected chi connectivity index (χ0v) is 36.5. The normalized spacial score (nSPS) is 13.0. The summed E-state index contributed by atoms with van der Waals surface area (Å²) in [6, 6.07) is 14.6. The Morgan fingerprint density at radius 1 is 0.607 bits per heavy atom. The molecule has 0 saturated heterocycles. The van der Waals surface area contributed by atoms with Crippen molar-refractivity contribution in [2.45, 2.75) is 105 Å². The summed E-state index contributed by atoms with van der Waals surface area (Å²) in [7, 11) is 0. The summed E-state index contributed by atoms with van der Waals surface area (Å²) in [6.45, 7) is 23.2. The summed E-state index contributed by atoms with van der Waals surface area (Å²) < 4.78 is 12.3. The number of para-hydroxylation sites is 2. The van der Waals surface area contributed by atoms with Gasteiger partial charge in [-0.2, -0.15) is 0 Å². The number of aromatic nitrogens is 2. The summed E-state index contributed by atoms with van der Waals surface area (Å²) in [6.07, 6.45) is 12.3. The standard InChI is InChI=1S/C46H60N2O6S2/c1-43(2,3)29-45(7,8)21-11-13-23-53-35-27-33(41(49)50)47-39-31(35)17-15-19-37(39)55-25-26-56-38-20-16-18-32-36(28-34(42(51)52)48-40(32)38)54-24-14-12-22-46(9,10)30-44(4,5)6/h11-20,27-28H,21-26,29-30H2,1-10H3,(H,49,50)(H,51,52). The highest BCUT2D eigenvalue weighted by Crippen LogP contribution is 2.38. The number of hydrogen-bond donors (Lipinski definition) is 2. The third-order valence-corrected chi connectivity index (χ3v) is 11.3. The molecule has 10 heteroatoms. The van der Waals surface area contributed by atoms with E-state index in [1.54, 1.807) is 23.5 Å². The van der Waals surface area contributed by atoms with Crippen molar-refractivity contribution in [2.24, 2.45) is 21.7 Å². The smallest absolute Gasteiger partial charge is 0.354 e. The van der Waals surface area contributed by atoms with Crippen LogP contribution in [-0.2, 0) is 0 Å². The molecule has 0 radical (unpaired) electrons. The summed E-state index contributed by atoms with van der Waals surface area (Å²) in [4.78, 5) is 34.9. The summed E-state index contributed by atoms with van der Waals surface area (Å²) in [5, 5.41) is 21.3. The first-order valence-corrected chi connectivity index (χ1v) is 21.3. The van der Waals surface area contributed by atoms with Gasteiger partial charge in [-0.25, -0.2) is 19.6 Å². The molecule has 0 bridgehead atoms. The predicted octanol–water partition coefficient (Wildman–Crippen LogP) is 12.6. The molecule has 56 heavy (non-hydrogen) atoms. The molecule has 2 aromatic heterocycles. The number of ether oxygens (including phenoxy) is 2. The number of carbonyl (C=O) groups is 2. The molecule has 0 unspecified atom stereocenters. The van der Waals surface area contributed by atoms with E-state index in [9.17, 15) is 19.8 Å². The fourth-order valence-electron chi connectivity index (χ4n) is 7.61. The van der Waals surface area contributed by atoms with E-state index >= 15 is 0 Å². The number of fused-ring (bicyclic) bond motifs is 2. The Morgan fingerprint density at radius 2 is 0.982 bits per heavy atom. The van der Waals surface area contributed by atoms with E-state index < -0.39 is 11.9 Å². The lowest BCUT2D eigenvalue weighted by atomic mass is 9.74. The summed E-state index contributed by atoms with van der Waals surface area (Å²) >= 11 is 3.16. The van der Waals surface area contributed by atoms with Gasteiger partial charge in [0, 0.05) is 44.2 Å². The first kappa shape index (κ1) is 44.7. The van der Waals surface area contributed by atoms with Gasteiger partial charge in [0.05, 0.1) is 11.0 Å². The Kier molecular flexibility index (Phi) is 15.1. The van der Waals surface area contributed by atoms with Crippen LogP contribution < -0.4 is 9.47 Å². The van der Waals surface area contributed by atoms with Crippen LogP contribution in [0.1, 0.15) is 116 Å². The van der Waals surface area contributed by atoms with E-state index in [2.05, 4.69) is 91.4 Å². The second-order valence-corrected chi connectivity index (χ2v) is 20.7. The van der Waals surface area contributed by atoms with Crippen molar-refractivity contribution >= 4 is 57.3 Å². The topological polar surface area (TPSA) is 119 Å². The SMILES string of the molecule is CC(C)(C)CC(C)(C)CC=CCOc1cc(C(=O)O)nc2c(SCCSc3cccc4c(OCC=CCC(C)(C)CC(C)(C)C)cc(C(=O)O)nc34)cccc12. The highest BCUT2D eigenvalue weighted by molar-refractivity contribution is 8.03. The van der Waals surface area contributed by atoms with E-state index in [0.29, 0.717) is 47.3 Å². The van der Waals surface area contributed by atoms with Gasteiger partial charge in [0.25, 0.3) is 0 Å². The van der Waals surface area contributed by atoms with Crippen molar-refractivity contribution in [3.63, 3.8) is 0 Å². The Hall–Kier alpha value is -4.02. The van der Waals surface area contributed by atoms with Gasteiger partial charge in [0.1, 0.15) is 24.7 Å². The van der Waals surface area contributed by atoms with Gasteiger partial charge in [-0.05, 0) is 71.6 Å². The van der Waals surface area contributed by atoms with E-state index in [-0.39, 0.29) is 33.0 Å². The van der Waals surface area contributed by atoms with E-state index in [1.807, 2.05) is 48.6 Å². The van der Waals surface area contributed by atoms with Crippen LogP contribution >= 0.6 is 23.5 Å². The first-order valence-electron chi connectivity index (χ1n) is 19.3. The Balaban J connectivity index is 1.45. The molecule has 0 spiro atoms. The molecule has 4 rings (SSSR count). The van der Waals surface area contributed by atoms with Crippen molar-refractivity contribution in [1.29, 1.82) is 0 Å². The number of benzene rings is 2. The van der Waals surface area contributed by atoms with Crippen LogP contribution in [0.15, 0.2) is 82.6 Å². The minimum Gasteiger partial charge on any atom is -0.489 e. The van der Waals surface area contributed by atoms with Crippen molar-refractivity contribution in [3.8, 4) is 11.5 Å². The molecule has 8 nitrogen and oxygen atoms in total. The van der Waals surface area contributed by atoms with Gasteiger partial charge in [-0.15, -0.1) is 23.5 Å². The number of carboxylic acid groups (broad SMARTS) is 2. The van der Waals surface area contributed by atoms with Gasteiger partial charge < -0.3 is 19.7 Å². The van der Waals surface area contributed by atoms with Crippen LogP contribution in [0, 0.1) is 21.7 Å².